The molecule has 0 bridgehead atoms. The van der Waals surface area contributed by atoms with Gasteiger partial charge in [0.1, 0.15) is 6.10 Å². The highest BCUT2D eigenvalue weighted by molar-refractivity contribution is 5.94. The molecule has 154 valence electrons. The summed E-state index contributed by atoms with van der Waals surface area (Å²) >= 11 is 0. The van der Waals surface area contributed by atoms with Gasteiger partial charge in [-0.25, -0.2) is 0 Å². The Morgan fingerprint density at radius 3 is 2.34 bits per heavy atom. The minimum atomic E-state index is -0.0691. The van der Waals surface area contributed by atoms with Crippen molar-refractivity contribution in [1.29, 1.82) is 0 Å². The summed E-state index contributed by atoms with van der Waals surface area (Å²) in [6.07, 6.45) is -0.0465. The van der Waals surface area contributed by atoms with E-state index in [1.165, 1.54) is 5.56 Å². The third-order valence-electron chi connectivity index (χ3n) is 5.92. The van der Waals surface area contributed by atoms with Crippen molar-refractivity contribution in [3.63, 3.8) is 0 Å². The summed E-state index contributed by atoms with van der Waals surface area (Å²) in [6, 6.07) is 18.3. The van der Waals surface area contributed by atoms with Gasteiger partial charge in [-0.2, -0.15) is 0 Å². The molecule has 0 spiro atoms. The number of morpholine rings is 1. The van der Waals surface area contributed by atoms with Crippen molar-refractivity contribution >= 4 is 5.91 Å². The van der Waals surface area contributed by atoms with Gasteiger partial charge in [0.2, 0.25) is 0 Å². The van der Waals surface area contributed by atoms with E-state index in [4.69, 9.17) is 4.74 Å². The van der Waals surface area contributed by atoms with E-state index >= 15 is 0 Å². The Morgan fingerprint density at radius 1 is 0.966 bits per heavy atom. The number of hydrogen-bond donors (Lipinski definition) is 0. The number of rotatable bonds is 4. The molecule has 2 aromatic rings. The van der Waals surface area contributed by atoms with Crippen LogP contribution in [0.3, 0.4) is 0 Å². The SMILES string of the molecule is C[C@H]1CN(C(=O)c2ccc(CN3CCN(C)CC3)cc2)C[C@@H](c2ccccc2)O1. The Balaban J connectivity index is 1.39. The average molecular weight is 394 g/mol. The number of benzene rings is 2. The summed E-state index contributed by atoms with van der Waals surface area (Å²) < 4.78 is 6.10. The van der Waals surface area contributed by atoms with Gasteiger partial charge >= 0.3 is 0 Å². The molecule has 0 N–H and O–H groups in total. The van der Waals surface area contributed by atoms with Crippen LogP contribution in [0.1, 0.15) is 34.5 Å². The third-order valence-corrected chi connectivity index (χ3v) is 5.92. The highest BCUT2D eigenvalue weighted by Gasteiger charge is 2.29. The Kier molecular flexibility index (Phi) is 6.28. The fraction of sp³-hybridized carbons (Fsp3) is 0.458. The Morgan fingerprint density at radius 2 is 1.66 bits per heavy atom. The first kappa shape index (κ1) is 20.1. The van der Waals surface area contributed by atoms with E-state index in [-0.39, 0.29) is 18.1 Å². The molecule has 4 rings (SSSR count). The van der Waals surface area contributed by atoms with Gasteiger partial charge in [-0.3, -0.25) is 9.69 Å². The molecule has 2 saturated heterocycles. The summed E-state index contributed by atoms with van der Waals surface area (Å²) in [4.78, 5) is 19.9. The Labute approximate surface area is 173 Å². The van der Waals surface area contributed by atoms with Crippen LogP contribution in [-0.4, -0.2) is 73.0 Å². The molecule has 2 aliphatic heterocycles. The number of likely N-dealkylation sites (N-methyl/N-ethyl adjacent to an activating group) is 1. The molecule has 2 aromatic carbocycles. The van der Waals surface area contributed by atoms with Crippen LogP contribution in [0.25, 0.3) is 0 Å². The van der Waals surface area contributed by atoms with Crippen molar-refractivity contribution in [2.75, 3.05) is 46.3 Å². The van der Waals surface area contributed by atoms with Crippen LogP contribution in [0, 0.1) is 0 Å². The minimum Gasteiger partial charge on any atom is -0.367 e. The molecule has 2 heterocycles. The average Bonchev–Trinajstić information content (AvgIpc) is 2.75. The zero-order valence-electron chi connectivity index (χ0n) is 17.5. The Bertz CT molecular complexity index is 801. The maximum atomic E-state index is 13.1. The molecular formula is C24H31N3O2. The fourth-order valence-electron chi connectivity index (χ4n) is 4.17. The number of hydrogen-bond acceptors (Lipinski definition) is 4. The molecular weight excluding hydrogens is 362 g/mol. The van der Waals surface area contributed by atoms with Crippen LogP contribution in [0.4, 0.5) is 0 Å². The molecule has 2 atom stereocenters. The van der Waals surface area contributed by atoms with Gasteiger partial charge in [-0.05, 0) is 37.2 Å². The van der Waals surface area contributed by atoms with Crippen LogP contribution >= 0.6 is 0 Å². The number of amides is 1. The fourth-order valence-corrected chi connectivity index (χ4v) is 4.17. The molecule has 0 radical (unpaired) electrons. The van der Waals surface area contributed by atoms with E-state index < -0.39 is 0 Å². The van der Waals surface area contributed by atoms with E-state index in [1.807, 2.05) is 42.2 Å². The first-order valence-electron chi connectivity index (χ1n) is 10.6. The topological polar surface area (TPSA) is 36.0 Å². The van der Waals surface area contributed by atoms with E-state index in [0.29, 0.717) is 13.1 Å². The normalized spacial score (nSPS) is 23.9. The molecule has 0 aromatic heterocycles. The zero-order valence-corrected chi connectivity index (χ0v) is 17.5. The second kappa shape index (κ2) is 9.08. The quantitative estimate of drug-likeness (QED) is 0.800. The van der Waals surface area contributed by atoms with Crippen molar-refractivity contribution in [2.45, 2.75) is 25.7 Å². The molecule has 5 heteroatoms. The molecule has 0 unspecified atom stereocenters. The summed E-state index contributed by atoms with van der Waals surface area (Å²) in [5, 5.41) is 0. The van der Waals surface area contributed by atoms with E-state index in [9.17, 15) is 4.79 Å². The molecule has 0 saturated carbocycles. The van der Waals surface area contributed by atoms with Crippen molar-refractivity contribution in [3.05, 3.63) is 71.3 Å². The lowest BCUT2D eigenvalue weighted by Crippen LogP contribution is -2.46. The van der Waals surface area contributed by atoms with Gasteiger partial charge in [0.25, 0.3) is 5.91 Å². The molecule has 2 aliphatic rings. The van der Waals surface area contributed by atoms with E-state index in [2.05, 4.69) is 41.1 Å². The van der Waals surface area contributed by atoms with Crippen LogP contribution < -0.4 is 0 Å². The number of carbonyl (C=O) groups is 1. The second-order valence-electron chi connectivity index (χ2n) is 8.33. The van der Waals surface area contributed by atoms with Crippen molar-refractivity contribution in [2.24, 2.45) is 0 Å². The number of ether oxygens (including phenoxy) is 1. The standard InChI is InChI=1S/C24H31N3O2/c1-19-16-27(18-23(29-19)21-6-4-3-5-7-21)24(28)22-10-8-20(9-11-22)17-26-14-12-25(2)13-15-26/h3-11,19,23H,12-18H2,1-2H3/t19-,23-/m0/s1. The van der Waals surface area contributed by atoms with Crippen LogP contribution in [0.2, 0.25) is 0 Å². The molecule has 2 fully saturated rings. The van der Waals surface area contributed by atoms with Gasteiger partial charge in [-0.1, -0.05) is 42.5 Å². The van der Waals surface area contributed by atoms with Crippen LogP contribution in [0.5, 0.6) is 0 Å². The predicted molar refractivity (Wildman–Crippen MR) is 115 cm³/mol. The minimum absolute atomic E-state index is 0.0226. The summed E-state index contributed by atoms with van der Waals surface area (Å²) in [6.45, 7) is 8.65. The van der Waals surface area contributed by atoms with Crippen molar-refractivity contribution in [1.82, 2.24) is 14.7 Å². The zero-order chi connectivity index (χ0) is 20.2. The highest BCUT2D eigenvalue weighted by Crippen LogP contribution is 2.26. The summed E-state index contributed by atoms with van der Waals surface area (Å²) in [5.74, 6) is 0.0900. The first-order valence-corrected chi connectivity index (χ1v) is 10.6. The van der Waals surface area contributed by atoms with Gasteiger partial charge in [0.15, 0.2) is 0 Å². The van der Waals surface area contributed by atoms with E-state index in [0.717, 1.165) is 43.9 Å². The lowest BCUT2D eigenvalue weighted by atomic mass is 10.0. The van der Waals surface area contributed by atoms with E-state index in [1.54, 1.807) is 0 Å². The van der Waals surface area contributed by atoms with Gasteiger partial charge in [-0.15, -0.1) is 0 Å². The number of piperazine rings is 1. The van der Waals surface area contributed by atoms with Crippen molar-refractivity contribution in [3.8, 4) is 0 Å². The molecule has 29 heavy (non-hydrogen) atoms. The molecule has 5 nitrogen and oxygen atoms in total. The van der Waals surface area contributed by atoms with Gasteiger partial charge in [0.05, 0.1) is 12.6 Å². The molecule has 0 aliphatic carbocycles. The summed E-state index contributed by atoms with van der Waals surface area (Å²) in [7, 11) is 2.17. The molecule has 1 amide bonds. The monoisotopic (exact) mass is 393 g/mol. The van der Waals surface area contributed by atoms with Gasteiger partial charge in [0, 0.05) is 44.8 Å². The number of carbonyl (C=O) groups excluding carboxylic acids is 1. The summed E-state index contributed by atoms with van der Waals surface area (Å²) in [5.41, 5.74) is 3.15. The van der Waals surface area contributed by atoms with Gasteiger partial charge < -0.3 is 14.5 Å². The smallest absolute Gasteiger partial charge is 0.254 e. The van der Waals surface area contributed by atoms with Crippen LogP contribution in [-0.2, 0) is 11.3 Å². The predicted octanol–water partition coefficient (Wildman–Crippen LogP) is 3.04. The number of nitrogens with zero attached hydrogens (tertiary/aromatic N) is 3. The highest BCUT2D eigenvalue weighted by atomic mass is 16.5. The maximum absolute atomic E-state index is 13.1. The Hall–Kier alpha value is -2.21. The van der Waals surface area contributed by atoms with Crippen LogP contribution in [0.15, 0.2) is 54.6 Å². The van der Waals surface area contributed by atoms with Crippen molar-refractivity contribution < 1.29 is 9.53 Å². The first-order chi connectivity index (χ1) is 14.1. The maximum Gasteiger partial charge on any atom is 0.254 e. The lowest BCUT2D eigenvalue weighted by Gasteiger charge is -2.37. The largest absolute Gasteiger partial charge is 0.367 e. The third kappa shape index (κ3) is 5.04. The lowest BCUT2D eigenvalue weighted by molar-refractivity contribution is -0.0691. The second-order valence-corrected chi connectivity index (χ2v) is 8.33.